The molecule has 0 aliphatic heterocycles. The molecule has 1 atom stereocenters. The molecular weight excluding hydrogens is 300 g/mol. The van der Waals surface area contributed by atoms with E-state index in [4.69, 9.17) is 0 Å². The second kappa shape index (κ2) is 6.38. The molecule has 0 radical (unpaired) electrons. The number of hydrogen-bond acceptors (Lipinski definition) is 2. The molecule has 1 fully saturated rings. The van der Waals surface area contributed by atoms with Crippen LogP contribution in [0.5, 0.6) is 0 Å². The molecule has 0 aromatic heterocycles. The fourth-order valence-electron chi connectivity index (χ4n) is 3.51. The minimum absolute atomic E-state index is 0.321. The average molecular weight is 325 g/mol. The largest absolute Gasteiger partial charge is 0.315 e. The van der Waals surface area contributed by atoms with Gasteiger partial charge in [0.2, 0.25) is 0 Å². The maximum atomic E-state index is 3.58. The fraction of sp³-hybridized carbons (Fsp3) is 0.625. The molecule has 106 valence electrons. The topological polar surface area (TPSA) is 15.3 Å². The molecule has 1 aliphatic rings. The predicted octanol–water partition coefficient (Wildman–Crippen LogP) is 3.45. The molecular formula is C16H25BrN2. The van der Waals surface area contributed by atoms with E-state index in [-0.39, 0.29) is 0 Å². The molecule has 0 saturated heterocycles. The third-order valence-electron chi connectivity index (χ3n) is 4.71. The van der Waals surface area contributed by atoms with Crippen molar-refractivity contribution in [1.82, 2.24) is 10.2 Å². The third kappa shape index (κ3) is 3.21. The van der Waals surface area contributed by atoms with Gasteiger partial charge in [-0.3, -0.25) is 0 Å². The zero-order chi connectivity index (χ0) is 13.9. The third-order valence-corrected chi connectivity index (χ3v) is 5.24. The zero-order valence-corrected chi connectivity index (χ0v) is 13.8. The Morgan fingerprint density at radius 3 is 2.26 bits per heavy atom. The summed E-state index contributed by atoms with van der Waals surface area (Å²) in [6.07, 6.45) is 6.43. The highest BCUT2D eigenvalue weighted by molar-refractivity contribution is 9.10. The molecule has 1 aromatic carbocycles. The van der Waals surface area contributed by atoms with Gasteiger partial charge in [0.15, 0.2) is 0 Å². The second-order valence-electron chi connectivity index (χ2n) is 5.88. The second-order valence-corrected chi connectivity index (χ2v) is 6.79. The highest BCUT2D eigenvalue weighted by Crippen LogP contribution is 2.37. The molecule has 2 nitrogen and oxygen atoms in total. The van der Waals surface area contributed by atoms with Crippen molar-refractivity contribution in [1.29, 1.82) is 0 Å². The summed E-state index contributed by atoms with van der Waals surface area (Å²) in [4.78, 5) is 2.44. The minimum atomic E-state index is 0.321. The number of benzene rings is 1. The first-order valence-electron chi connectivity index (χ1n) is 7.17. The van der Waals surface area contributed by atoms with E-state index in [1.165, 1.54) is 31.2 Å². The number of halogens is 1. The van der Waals surface area contributed by atoms with Crippen LogP contribution >= 0.6 is 15.9 Å². The molecule has 1 unspecified atom stereocenters. The van der Waals surface area contributed by atoms with Gasteiger partial charge in [-0.05, 0) is 58.1 Å². The Bertz CT molecular complexity index is 394. The molecule has 0 heterocycles. The van der Waals surface area contributed by atoms with Crippen LogP contribution < -0.4 is 5.32 Å². The van der Waals surface area contributed by atoms with E-state index >= 15 is 0 Å². The standard InChI is InChI=1S/C16H25BrN2/c1-18-15(12-13-6-8-14(17)9-7-13)16(19(2)3)10-4-5-11-16/h6-9,15,18H,4-5,10-12H2,1-3H3. The van der Waals surface area contributed by atoms with Crippen molar-refractivity contribution in [2.45, 2.75) is 43.7 Å². The van der Waals surface area contributed by atoms with Gasteiger partial charge in [-0.25, -0.2) is 0 Å². The zero-order valence-electron chi connectivity index (χ0n) is 12.2. The van der Waals surface area contributed by atoms with Gasteiger partial charge >= 0.3 is 0 Å². The van der Waals surface area contributed by atoms with Gasteiger partial charge in [-0.15, -0.1) is 0 Å². The van der Waals surface area contributed by atoms with Crippen molar-refractivity contribution >= 4 is 15.9 Å². The van der Waals surface area contributed by atoms with Crippen LogP contribution in [-0.4, -0.2) is 37.6 Å². The van der Waals surface area contributed by atoms with E-state index in [1.807, 2.05) is 0 Å². The summed E-state index contributed by atoms with van der Waals surface area (Å²) in [5, 5.41) is 3.58. The number of likely N-dealkylation sites (N-methyl/N-ethyl adjacent to an activating group) is 2. The van der Waals surface area contributed by atoms with Gasteiger partial charge < -0.3 is 10.2 Å². The normalized spacial score (nSPS) is 19.8. The van der Waals surface area contributed by atoms with E-state index < -0.39 is 0 Å². The van der Waals surface area contributed by atoms with Gasteiger partial charge in [0, 0.05) is 16.1 Å². The molecule has 3 heteroatoms. The van der Waals surface area contributed by atoms with Crippen LogP contribution in [0.1, 0.15) is 31.2 Å². The lowest BCUT2D eigenvalue weighted by atomic mass is 9.83. The Morgan fingerprint density at radius 2 is 1.79 bits per heavy atom. The summed E-state index contributed by atoms with van der Waals surface area (Å²) >= 11 is 3.50. The van der Waals surface area contributed by atoms with Crippen LogP contribution in [0.15, 0.2) is 28.7 Å². The van der Waals surface area contributed by atoms with Crippen molar-refractivity contribution < 1.29 is 0 Å². The van der Waals surface area contributed by atoms with Crippen LogP contribution in [0.3, 0.4) is 0 Å². The summed E-state index contributed by atoms with van der Waals surface area (Å²) < 4.78 is 1.15. The summed E-state index contributed by atoms with van der Waals surface area (Å²) in [5.74, 6) is 0. The smallest absolute Gasteiger partial charge is 0.0359 e. The number of rotatable bonds is 5. The minimum Gasteiger partial charge on any atom is -0.315 e. The Balaban J connectivity index is 2.16. The number of nitrogens with zero attached hydrogens (tertiary/aromatic N) is 1. The maximum absolute atomic E-state index is 3.58. The van der Waals surface area contributed by atoms with Crippen molar-refractivity contribution in [3.63, 3.8) is 0 Å². The monoisotopic (exact) mass is 324 g/mol. The van der Waals surface area contributed by atoms with E-state index in [1.54, 1.807) is 0 Å². The summed E-state index contributed by atoms with van der Waals surface area (Å²) in [5.41, 5.74) is 1.73. The van der Waals surface area contributed by atoms with Crippen molar-refractivity contribution in [3.8, 4) is 0 Å². The number of hydrogen-bond donors (Lipinski definition) is 1. The Kier molecular flexibility index (Phi) is 5.04. The van der Waals surface area contributed by atoms with Gasteiger partial charge in [0.25, 0.3) is 0 Å². The van der Waals surface area contributed by atoms with Gasteiger partial charge in [0.05, 0.1) is 0 Å². The van der Waals surface area contributed by atoms with Crippen molar-refractivity contribution in [2.24, 2.45) is 0 Å². The predicted molar refractivity (Wildman–Crippen MR) is 85.6 cm³/mol. The molecule has 1 aromatic rings. The molecule has 0 spiro atoms. The van der Waals surface area contributed by atoms with Crippen LogP contribution in [0.25, 0.3) is 0 Å². The lowest BCUT2D eigenvalue weighted by molar-refractivity contribution is 0.108. The first-order chi connectivity index (χ1) is 9.08. The maximum Gasteiger partial charge on any atom is 0.0359 e. The summed E-state index contributed by atoms with van der Waals surface area (Å²) in [6.45, 7) is 0. The van der Waals surface area contributed by atoms with E-state index in [2.05, 4.69) is 71.6 Å². The highest BCUT2D eigenvalue weighted by Gasteiger charge is 2.42. The SMILES string of the molecule is CNC(Cc1ccc(Br)cc1)C1(N(C)C)CCCC1. The Labute approximate surface area is 125 Å². The molecule has 1 aliphatic carbocycles. The van der Waals surface area contributed by atoms with Crippen LogP contribution in [0, 0.1) is 0 Å². The van der Waals surface area contributed by atoms with Crippen LogP contribution in [0.2, 0.25) is 0 Å². The first-order valence-corrected chi connectivity index (χ1v) is 7.97. The van der Waals surface area contributed by atoms with Crippen LogP contribution in [0.4, 0.5) is 0 Å². The Morgan fingerprint density at radius 1 is 1.21 bits per heavy atom. The molecule has 2 rings (SSSR count). The van der Waals surface area contributed by atoms with Gasteiger partial charge in [0.1, 0.15) is 0 Å². The quantitative estimate of drug-likeness (QED) is 0.892. The molecule has 1 saturated carbocycles. The molecule has 0 bridgehead atoms. The summed E-state index contributed by atoms with van der Waals surface area (Å²) in [7, 11) is 6.57. The number of nitrogens with one attached hydrogen (secondary N) is 1. The molecule has 19 heavy (non-hydrogen) atoms. The lowest BCUT2D eigenvalue weighted by Gasteiger charge is -2.43. The van der Waals surface area contributed by atoms with E-state index in [9.17, 15) is 0 Å². The lowest BCUT2D eigenvalue weighted by Crippen LogP contribution is -2.57. The highest BCUT2D eigenvalue weighted by atomic mass is 79.9. The van der Waals surface area contributed by atoms with Crippen LogP contribution in [-0.2, 0) is 6.42 Å². The van der Waals surface area contributed by atoms with Crippen molar-refractivity contribution in [3.05, 3.63) is 34.3 Å². The average Bonchev–Trinajstić information content (AvgIpc) is 2.88. The molecule has 0 amide bonds. The fourth-order valence-corrected chi connectivity index (χ4v) is 3.78. The van der Waals surface area contributed by atoms with E-state index in [0.29, 0.717) is 11.6 Å². The Hall–Kier alpha value is -0.380. The van der Waals surface area contributed by atoms with Crippen molar-refractivity contribution in [2.75, 3.05) is 21.1 Å². The first kappa shape index (κ1) is 15.0. The summed E-state index contributed by atoms with van der Waals surface area (Å²) in [6, 6.07) is 9.25. The van der Waals surface area contributed by atoms with Gasteiger partial charge in [-0.1, -0.05) is 40.9 Å². The molecule has 1 N–H and O–H groups in total. The van der Waals surface area contributed by atoms with Gasteiger partial charge in [-0.2, -0.15) is 0 Å². The van der Waals surface area contributed by atoms with E-state index in [0.717, 1.165) is 10.9 Å².